The Bertz CT molecular complexity index is 2520. The minimum atomic E-state index is 0.636. The molecule has 0 saturated heterocycles. The van der Waals surface area contributed by atoms with E-state index in [4.69, 9.17) is 27.7 Å². The highest BCUT2D eigenvalue weighted by Crippen LogP contribution is 2.37. The lowest BCUT2D eigenvalue weighted by Crippen LogP contribution is -2.03. The third-order valence-corrected chi connectivity index (χ3v) is 13.7. The number of ether oxygens (including phenoxy) is 4. The molecule has 0 amide bonds. The molecule has 0 N–H and O–H groups in total. The first kappa shape index (κ1) is 51.3. The highest BCUT2D eigenvalue weighted by atomic mass is 79.9. The molecule has 0 saturated carbocycles. The molecule has 6 rings (SSSR count). The van der Waals surface area contributed by atoms with Crippen LogP contribution in [-0.2, 0) is 0 Å². The second kappa shape index (κ2) is 28.3. The van der Waals surface area contributed by atoms with Gasteiger partial charge in [0.1, 0.15) is 45.1 Å². The second-order valence-corrected chi connectivity index (χ2v) is 19.5. The van der Waals surface area contributed by atoms with E-state index < -0.39 is 0 Å². The molecule has 12 heteroatoms. The number of benzene rings is 4. The number of unbranched alkanes of at least 4 members (excludes halogenated alkanes) is 12. The van der Waals surface area contributed by atoms with Gasteiger partial charge < -0.3 is 18.9 Å². The maximum atomic E-state index is 6.60. The fourth-order valence-electron chi connectivity index (χ4n) is 7.56. The maximum Gasteiger partial charge on any atom is 0.134 e. The van der Waals surface area contributed by atoms with Gasteiger partial charge in [0.2, 0.25) is 0 Å². The monoisotopic (exact) mass is 1060 g/mol. The van der Waals surface area contributed by atoms with E-state index in [-0.39, 0.29) is 0 Å². The summed E-state index contributed by atoms with van der Waals surface area (Å²) in [4.78, 5) is 0. The molecule has 0 aliphatic rings. The fourth-order valence-corrected chi connectivity index (χ4v) is 9.70. The normalized spacial score (nSPS) is 11.9. The Morgan fingerprint density at radius 3 is 1.09 bits per heavy atom. The first-order chi connectivity index (χ1) is 32.4. The van der Waals surface area contributed by atoms with Crippen molar-refractivity contribution in [1.29, 1.82) is 0 Å². The van der Waals surface area contributed by atoms with Crippen LogP contribution in [0.25, 0.3) is 58.5 Å². The van der Waals surface area contributed by atoms with Gasteiger partial charge in [0.05, 0.1) is 54.4 Å². The van der Waals surface area contributed by atoms with Crippen LogP contribution in [-0.4, -0.2) is 43.9 Å². The zero-order chi connectivity index (χ0) is 46.4. The van der Waals surface area contributed by atoms with Crippen LogP contribution in [0.3, 0.4) is 0 Å². The van der Waals surface area contributed by atoms with E-state index in [1.807, 2.05) is 12.1 Å². The summed E-state index contributed by atoms with van der Waals surface area (Å²) in [6, 6.07) is 16.7. The molecule has 0 radical (unpaired) electrons. The van der Waals surface area contributed by atoms with Crippen molar-refractivity contribution in [2.45, 2.75) is 130 Å². The number of hydrogen-bond donors (Lipinski definition) is 0. The van der Waals surface area contributed by atoms with Crippen molar-refractivity contribution in [2.75, 3.05) is 26.4 Å². The van der Waals surface area contributed by atoms with Crippen LogP contribution in [0.2, 0.25) is 0 Å². The SMILES string of the molecule is CCCCCCOc1cc(/C=C/c2ccc(/C=C/c3cc(OCCCCCC)c(/C=C/c4ccc(Br)c5nsnc45)cc3OCCCCCC)c3nsnc23)c(OCCCCCC)cc1Br. The van der Waals surface area contributed by atoms with E-state index in [9.17, 15) is 0 Å². The molecular formula is C54H66Br2N4O4S2. The number of aromatic nitrogens is 4. The van der Waals surface area contributed by atoms with E-state index >= 15 is 0 Å². The summed E-state index contributed by atoms with van der Waals surface area (Å²) in [5, 5.41) is 0. The third kappa shape index (κ3) is 15.2. The predicted octanol–water partition coefficient (Wildman–Crippen LogP) is 17.6. The Morgan fingerprint density at radius 1 is 0.364 bits per heavy atom. The first-order valence-electron chi connectivity index (χ1n) is 24.2. The van der Waals surface area contributed by atoms with Crippen LogP contribution in [0.15, 0.2) is 57.5 Å². The van der Waals surface area contributed by atoms with Crippen LogP contribution in [0.5, 0.6) is 23.0 Å². The fraction of sp³-hybridized carbons (Fsp3) is 0.444. The van der Waals surface area contributed by atoms with Crippen LogP contribution in [0.4, 0.5) is 0 Å². The standard InChI is InChI=1S/C54H66Br2N4O4S2/c1-5-9-13-17-31-61-47-36-43(27-25-41-29-30-45(55)54-53(41)59-66-60-54)48(62-32-18-14-10-6-2)35-42(47)26-23-39-21-22-40(52-51(39)57-65-58-52)24-28-44-37-50(64-34-20-16-12-8-4)46(56)38-49(44)63-33-19-15-11-7-3/h21-30,35-38H,5-20,31-34H2,1-4H3/b26-23+,27-25+,28-24+. The number of rotatable bonds is 30. The van der Waals surface area contributed by atoms with Gasteiger partial charge in [-0.15, -0.1) is 0 Å². The second-order valence-electron chi connectivity index (χ2n) is 16.7. The highest BCUT2D eigenvalue weighted by Gasteiger charge is 2.15. The van der Waals surface area contributed by atoms with Gasteiger partial charge in [-0.3, -0.25) is 0 Å². The summed E-state index contributed by atoms with van der Waals surface area (Å²) in [5.41, 5.74) is 9.26. The third-order valence-electron chi connectivity index (χ3n) is 11.4. The number of fused-ring (bicyclic) bond motifs is 2. The van der Waals surface area contributed by atoms with Gasteiger partial charge in [0, 0.05) is 37.9 Å². The Balaban J connectivity index is 1.30. The van der Waals surface area contributed by atoms with Crippen LogP contribution in [0.1, 0.15) is 164 Å². The summed E-state index contributed by atoms with van der Waals surface area (Å²) in [6.07, 6.45) is 30.9. The van der Waals surface area contributed by atoms with Crippen LogP contribution in [0, 0.1) is 0 Å². The van der Waals surface area contributed by atoms with Gasteiger partial charge >= 0.3 is 0 Å². The molecule has 0 spiro atoms. The molecule has 0 atom stereocenters. The topological polar surface area (TPSA) is 88.5 Å². The van der Waals surface area contributed by atoms with Crippen LogP contribution < -0.4 is 18.9 Å². The van der Waals surface area contributed by atoms with Gasteiger partial charge in [-0.1, -0.05) is 159 Å². The Hall–Kier alpha value is -4.10. The molecule has 8 nitrogen and oxygen atoms in total. The van der Waals surface area contributed by atoms with Crippen LogP contribution >= 0.6 is 55.3 Å². The molecular weight excluding hydrogens is 993 g/mol. The number of halogens is 2. The lowest BCUT2D eigenvalue weighted by atomic mass is 10.0. The van der Waals surface area contributed by atoms with E-state index in [1.54, 1.807) is 0 Å². The minimum absolute atomic E-state index is 0.636. The molecule has 0 aliphatic heterocycles. The first-order valence-corrected chi connectivity index (χ1v) is 27.2. The highest BCUT2D eigenvalue weighted by molar-refractivity contribution is 9.11. The summed E-state index contributed by atoms with van der Waals surface area (Å²) in [6.45, 7) is 11.5. The Labute approximate surface area is 418 Å². The maximum absolute atomic E-state index is 6.60. The molecule has 0 aliphatic carbocycles. The van der Waals surface area contributed by atoms with E-state index in [2.05, 4.69) is 141 Å². The van der Waals surface area contributed by atoms with Gasteiger partial charge in [-0.05, 0) is 87.9 Å². The molecule has 2 aromatic heterocycles. The summed E-state index contributed by atoms with van der Waals surface area (Å²) < 4.78 is 46.4. The smallest absolute Gasteiger partial charge is 0.134 e. The molecule has 66 heavy (non-hydrogen) atoms. The average molecular weight is 1060 g/mol. The molecule has 0 bridgehead atoms. The molecule has 4 aromatic carbocycles. The Kier molecular flexibility index (Phi) is 22.0. The van der Waals surface area contributed by atoms with Crippen molar-refractivity contribution in [3.05, 3.63) is 90.9 Å². The van der Waals surface area contributed by atoms with Gasteiger partial charge in [-0.2, -0.15) is 17.5 Å². The molecule has 0 unspecified atom stereocenters. The van der Waals surface area contributed by atoms with Crippen molar-refractivity contribution in [1.82, 2.24) is 17.5 Å². The summed E-state index contributed by atoms with van der Waals surface area (Å²) in [7, 11) is 0. The van der Waals surface area contributed by atoms with Gasteiger partial charge in [0.25, 0.3) is 0 Å². The molecule has 0 fully saturated rings. The molecule has 6 aromatic rings. The molecule has 2 heterocycles. The van der Waals surface area contributed by atoms with Crippen molar-refractivity contribution in [3.63, 3.8) is 0 Å². The largest absolute Gasteiger partial charge is 0.493 e. The lowest BCUT2D eigenvalue weighted by molar-refractivity contribution is 0.295. The van der Waals surface area contributed by atoms with E-state index in [1.165, 1.54) is 81.2 Å². The number of hydrogen-bond acceptors (Lipinski definition) is 10. The summed E-state index contributed by atoms with van der Waals surface area (Å²) >= 11 is 9.84. The average Bonchev–Trinajstić information content (AvgIpc) is 4.04. The van der Waals surface area contributed by atoms with Crippen molar-refractivity contribution in [2.24, 2.45) is 0 Å². The minimum Gasteiger partial charge on any atom is -0.493 e. The molecule has 352 valence electrons. The zero-order valence-corrected chi connectivity index (χ0v) is 44.0. The van der Waals surface area contributed by atoms with Gasteiger partial charge in [0.15, 0.2) is 0 Å². The van der Waals surface area contributed by atoms with Crippen molar-refractivity contribution in [3.8, 4) is 23.0 Å². The van der Waals surface area contributed by atoms with Crippen molar-refractivity contribution >= 4 is 114 Å². The summed E-state index contributed by atoms with van der Waals surface area (Å²) in [5.74, 6) is 3.28. The van der Waals surface area contributed by atoms with E-state index in [0.29, 0.717) is 26.4 Å². The lowest BCUT2D eigenvalue weighted by Gasteiger charge is -2.15. The number of nitrogens with zero attached hydrogens (tertiary/aromatic N) is 4. The Morgan fingerprint density at radius 2 is 0.682 bits per heavy atom. The van der Waals surface area contributed by atoms with Gasteiger partial charge in [-0.25, -0.2) is 0 Å². The van der Waals surface area contributed by atoms with Crippen molar-refractivity contribution < 1.29 is 18.9 Å². The van der Waals surface area contributed by atoms with E-state index in [0.717, 1.165) is 132 Å². The zero-order valence-electron chi connectivity index (χ0n) is 39.2. The quantitative estimate of drug-likeness (QED) is 0.0326. The predicted molar refractivity (Wildman–Crippen MR) is 288 cm³/mol.